The Kier molecular flexibility index (Phi) is 42.3. The number of hydrogen-bond acceptors (Lipinski definition) is 6. The average molecular weight is 821 g/mol. The van der Waals surface area contributed by atoms with E-state index in [1.807, 2.05) is 0 Å². The molecule has 0 heterocycles. The molecule has 0 aromatic rings. The Morgan fingerprint density at radius 2 is 0.500 bits per heavy atom. The Labute approximate surface area is 361 Å². The van der Waals surface area contributed by atoms with Crippen LogP contribution in [0.4, 0.5) is 0 Å². The van der Waals surface area contributed by atoms with Crippen molar-refractivity contribution in [1.82, 2.24) is 0 Å². The molecule has 0 aliphatic rings. The lowest BCUT2D eigenvalue weighted by atomic mass is 10.0. The van der Waals surface area contributed by atoms with E-state index in [0.29, 0.717) is 19.3 Å². The molecule has 0 aliphatic heterocycles. The lowest BCUT2D eigenvalue weighted by molar-refractivity contribution is -0.167. The van der Waals surface area contributed by atoms with Crippen LogP contribution in [0.25, 0.3) is 0 Å². The number of rotatable bonds is 45. The molecule has 0 rings (SSSR count). The molecule has 0 aliphatic carbocycles. The van der Waals surface area contributed by atoms with E-state index < -0.39 is 6.10 Å². The van der Waals surface area contributed by atoms with Gasteiger partial charge in [0.15, 0.2) is 6.10 Å². The van der Waals surface area contributed by atoms with Crippen molar-refractivity contribution in [3.05, 3.63) is 0 Å². The maximum Gasteiger partial charge on any atom is 0.306 e. The maximum atomic E-state index is 12.7. The van der Waals surface area contributed by atoms with E-state index in [1.165, 1.54) is 161 Å². The smallest absolute Gasteiger partial charge is 0.306 e. The van der Waals surface area contributed by atoms with Crippen molar-refractivity contribution < 1.29 is 28.6 Å². The van der Waals surface area contributed by atoms with Gasteiger partial charge in [0.25, 0.3) is 0 Å². The zero-order valence-electron chi connectivity index (χ0n) is 39.8. The number of hydrogen-bond donors (Lipinski definition) is 0. The van der Waals surface area contributed by atoms with E-state index in [9.17, 15) is 14.4 Å². The van der Waals surface area contributed by atoms with Crippen molar-refractivity contribution in [1.29, 1.82) is 0 Å². The van der Waals surface area contributed by atoms with Gasteiger partial charge in [-0.1, -0.05) is 241 Å². The minimum atomic E-state index is -0.763. The van der Waals surface area contributed by atoms with Crippen molar-refractivity contribution in [3.63, 3.8) is 0 Å². The molecule has 1 atom stereocenters. The second kappa shape index (κ2) is 43.5. The standard InChI is InChI=1S/C52H100O6/c1-46(2)38-32-26-20-15-12-10-8-7-9-11-13-17-23-29-35-41-50(53)56-44-49(45-57-51(54)42-36-30-25-19-22-28-34-40-48(5)6)58-52(55)43-37-31-24-18-14-16-21-27-33-39-47(3)4/h46-49H,7-45H2,1-6H3/t49-/m0/s1. The van der Waals surface area contributed by atoms with Gasteiger partial charge < -0.3 is 14.2 Å². The normalized spacial score (nSPS) is 12.2. The average Bonchev–Trinajstić information content (AvgIpc) is 3.18. The van der Waals surface area contributed by atoms with Crippen LogP contribution >= 0.6 is 0 Å². The number of ether oxygens (including phenoxy) is 3. The Hall–Kier alpha value is -1.59. The molecule has 6 heteroatoms. The summed E-state index contributed by atoms with van der Waals surface area (Å²) in [7, 11) is 0. The first-order valence-electron chi connectivity index (χ1n) is 25.6. The summed E-state index contributed by atoms with van der Waals surface area (Å²) in [5, 5.41) is 0. The van der Waals surface area contributed by atoms with Gasteiger partial charge in [-0.3, -0.25) is 14.4 Å². The van der Waals surface area contributed by atoms with E-state index in [-0.39, 0.29) is 31.1 Å². The predicted octanol–water partition coefficient (Wildman–Crippen LogP) is 16.4. The van der Waals surface area contributed by atoms with Crippen molar-refractivity contribution in [2.24, 2.45) is 17.8 Å². The summed E-state index contributed by atoms with van der Waals surface area (Å²) in [6.07, 6.45) is 42.5. The topological polar surface area (TPSA) is 78.9 Å². The van der Waals surface area contributed by atoms with Crippen LogP contribution in [0.15, 0.2) is 0 Å². The van der Waals surface area contributed by atoms with Gasteiger partial charge in [-0.25, -0.2) is 0 Å². The second-order valence-electron chi connectivity index (χ2n) is 19.2. The van der Waals surface area contributed by atoms with Crippen LogP contribution in [0.3, 0.4) is 0 Å². The fraction of sp³-hybridized carbons (Fsp3) is 0.942. The van der Waals surface area contributed by atoms with Gasteiger partial charge in [-0.15, -0.1) is 0 Å². The fourth-order valence-electron chi connectivity index (χ4n) is 7.76. The number of unbranched alkanes of at least 4 members (excludes halogenated alkanes) is 28. The van der Waals surface area contributed by atoms with Gasteiger partial charge in [-0.05, 0) is 37.0 Å². The van der Waals surface area contributed by atoms with Crippen molar-refractivity contribution in [2.45, 2.75) is 285 Å². The maximum absolute atomic E-state index is 12.7. The molecule has 344 valence electrons. The van der Waals surface area contributed by atoms with Crippen LogP contribution in [-0.4, -0.2) is 37.2 Å². The van der Waals surface area contributed by atoms with E-state index in [0.717, 1.165) is 75.5 Å². The molecular weight excluding hydrogens is 721 g/mol. The SMILES string of the molecule is CC(C)CCCCCCCCCCCCCCCCCC(=O)OC[C@@H](COC(=O)CCCCCCCCCC(C)C)OC(=O)CCCCCCCCCCCC(C)C. The third kappa shape index (κ3) is 45.5. The molecule has 0 fully saturated rings. The minimum Gasteiger partial charge on any atom is -0.462 e. The lowest BCUT2D eigenvalue weighted by Crippen LogP contribution is -2.30. The summed E-state index contributed by atoms with van der Waals surface area (Å²) in [5.74, 6) is 1.58. The van der Waals surface area contributed by atoms with Gasteiger partial charge in [0.1, 0.15) is 13.2 Å². The van der Waals surface area contributed by atoms with Crippen molar-refractivity contribution in [2.75, 3.05) is 13.2 Å². The zero-order chi connectivity index (χ0) is 42.7. The quantitative estimate of drug-likeness (QED) is 0.0346. The molecule has 0 saturated carbocycles. The minimum absolute atomic E-state index is 0.0653. The highest BCUT2D eigenvalue weighted by Crippen LogP contribution is 2.17. The van der Waals surface area contributed by atoms with Crippen LogP contribution in [0.2, 0.25) is 0 Å². The zero-order valence-corrected chi connectivity index (χ0v) is 39.8. The van der Waals surface area contributed by atoms with Gasteiger partial charge in [-0.2, -0.15) is 0 Å². The first-order valence-corrected chi connectivity index (χ1v) is 25.6. The first-order chi connectivity index (χ1) is 28.1. The first kappa shape index (κ1) is 56.4. The van der Waals surface area contributed by atoms with Crippen LogP contribution < -0.4 is 0 Å². The molecule has 0 N–H and O–H groups in total. The third-order valence-corrected chi connectivity index (χ3v) is 11.6. The highest BCUT2D eigenvalue weighted by atomic mass is 16.6. The summed E-state index contributed by atoms with van der Waals surface area (Å²) < 4.78 is 16.8. The molecule has 0 radical (unpaired) electrons. The monoisotopic (exact) mass is 821 g/mol. The Balaban J connectivity index is 4.26. The highest BCUT2D eigenvalue weighted by molar-refractivity contribution is 5.71. The van der Waals surface area contributed by atoms with Crippen LogP contribution in [-0.2, 0) is 28.6 Å². The molecule has 0 aromatic carbocycles. The molecule has 0 spiro atoms. The Morgan fingerprint density at radius 3 is 0.741 bits per heavy atom. The molecule has 6 nitrogen and oxygen atoms in total. The van der Waals surface area contributed by atoms with Crippen LogP contribution in [0.5, 0.6) is 0 Å². The molecule has 0 amide bonds. The largest absolute Gasteiger partial charge is 0.462 e. The molecule has 0 aromatic heterocycles. The van der Waals surface area contributed by atoms with E-state index in [1.54, 1.807) is 0 Å². The van der Waals surface area contributed by atoms with E-state index in [4.69, 9.17) is 14.2 Å². The van der Waals surface area contributed by atoms with Gasteiger partial charge in [0.2, 0.25) is 0 Å². The fourth-order valence-corrected chi connectivity index (χ4v) is 7.76. The summed E-state index contributed by atoms with van der Waals surface area (Å²) in [6, 6.07) is 0. The lowest BCUT2D eigenvalue weighted by Gasteiger charge is -2.18. The van der Waals surface area contributed by atoms with Crippen LogP contribution in [0.1, 0.15) is 279 Å². The second-order valence-corrected chi connectivity index (χ2v) is 19.2. The molecular formula is C52H100O6. The van der Waals surface area contributed by atoms with Crippen molar-refractivity contribution >= 4 is 17.9 Å². The predicted molar refractivity (Wildman–Crippen MR) is 247 cm³/mol. The molecule has 0 unspecified atom stereocenters. The van der Waals surface area contributed by atoms with Gasteiger partial charge in [0.05, 0.1) is 0 Å². The van der Waals surface area contributed by atoms with Gasteiger partial charge >= 0.3 is 17.9 Å². The molecule has 0 bridgehead atoms. The number of carbonyl (C=O) groups excluding carboxylic acids is 3. The third-order valence-electron chi connectivity index (χ3n) is 11.6. The highest BCUT2D eigenvalue weighted by Gasteiger charge is 2.19. The van der Waals surface area contributed by atoms with Crippen molar-refractivity contribution in [3.8, 4) is 0 Å². The summed E-state index contributed by atoms with van der Waals surface area (Å²) >= 11 is 0. The number of carbonyl (C=O) groups is 3. The Morgan fingerprint density at radius 1 is 0.293 bits per heavy atom. The van der Waals surface area contributed by atoms with E-state index in [2.05, 4.69) is 41.5 Å². The number of esters is 3. The molecule has 58 heavy (non-hydrogen) atoms. The van der Waals surface area contributed by atoms with Crippen LogP contribution in [0, 0.1) is 17.8 Å². The summed E-state index contributed by atoms with van der Waals surface area (Å²) in [6.45, 7) is 13.7. The van der Waals surface area contributed by atoms with E-state index >= 15 is 0 Å². The summed E-state index contributed by atoms with van der Waals surface area (Å²) in [5.41, 5.74) is 0. The van der Waals surface area contributed by atoms with Gasteiger partial charge in [0, 0.05) is 19.3 Å². The molecule has 0 saturated heterocycles. The summed E-state index contributed by atoms with van der Waals surface area (Å²) in [4.78, 5) is 37.9. The Bertz CT molecular complexity index is 898.